The molecule has 7 nitrogen and oxygen atoms in total. The molecule has 4 aromatic rings. The summed E-state index contributed by atoms with van der Waals surface area (Å²) >= 11 is 15.5. The molecule has 0 fully saturated rings. The van der Waals surface area contributed by atoms with Crippen LogP contribution < -0.4 is 5.43 Å². The lowest BCUT2D eigenvalue weighted by molar-refractivity contribution is -0.121. The maximum atomic E-state index is 13.4. The van der Waals surface area contributed by atoms with Gasteiger partial charge >= 0.3 is 0 Å². The number of phenolic OH excluding ortho intramolecular Hbond substituents is 1. The highest BCUT2D eigenvalue weighted by Crippen LogP contribution is 2.27. The van der Waals surface area contributed by atoms with Crippen molar-refractivity contribution in [2.24, 2.45) is 5.10 Å². The van der Waals surface area contributed by atoms with Gasteiger partial charge < -0.3 is 5.11 Å². The molecule has 0 bridgehead atoms. The number of nitrogens with zero attached hydrogens (tertiary/aromatic N) is 2. The number of hydrogen-bond donors (Lipinski definition) is 2. The fourth-order valence-electron chi connectivity index (χ4n) is 3.61. The Kier molecular flexibility index (Phi) is 8.51. The summed E-state index contributed by atoms with van der Waals surface area (Å²) in [6.45, 7) is -0.703. The molecule has 0 unspecified atom stereocenters. The number of benzene rings is 4. The second-order valence-electron chi connectivity index (χ2n) is 7.98. The molecule has 190 valence electrons. The van der Waals surface area contributed by atoms with Crippen LogP contribution >= 0.6 is 39.1 Å². The number of hydrazone groups is 1. The van der Waals surface area contributed by atoms with Gasteiger partial charge in [0.05, 0.1) is 17.7 Å². The molecule has 0 radical (unpaired) electrons. The Morgan fingerprint density at radius 3 is 2.49 bits per heavy atom. The Balaban J connectivity index is 1.58. The minimum atomic E-state index is -4.08. The predicted octanol–water partition coefficient (Wildman–Crippen LogP) is 5.96. The first-order chi connectivity index (χ1) is 17.6. The molecular weight excluding hydrogens is 601 g/mol. The number of sulfonamides is 1. The van der Waals surface area contributed by atoms with Gasteiger partial charge in [0.2, 0.25) is 10.0 Å². The number of fused-ring (bicyclic) bond motifs is 1. The standard InChI is InChI=1S/C26H20BrCl2N3O4S/c27-19-7-10-21(11-8-19)37(35,36)32(15-18-5-9-20(28)13-24(18)29)16-26(34)31-30-14-23-22-4-2-1-3-17(22)6-12-25(23)33/h1-14,33H,15-16H2,(H,31,34)/b30-14+. The van der Waals surface area contributed by atoms with Crippen LogP contribution in [0.4, 0.5) is 0 Å². The van der Waals surface area contributed by atoms with Crippen molar-refractivity contribution in [2.75, 3.05) is 6.54 Å². The average Bonchev–Trinajstić information content (AvgIpc) is 2.86. The highest BCUT2D eigenvalue weighted by molar-refractivity contribution is 9.10. The van der Waals surface area contributed by atoms with Gasteiger partial charge in [-0.25, -0.2) is 13.8 Å². The minimum absolute atomic E-state index is 0.00600. The summed E-state index contributed by atoms with van der Waals surface area (Å²) in [5, 5.41) is 16.5. The topological polar surface area (TPSA) is 99.1 Å². The normalized spacial score (nSPS) is 11.9. The van der Waals surface area contributed by atoms with Gasteiger partial charge in [-0.15, -0.1) is 0 Å². The Morgan fingerprint density at radius 1 is 1.03 bits per heavy atom. The number of amides is 1. The molecule has 4 rings (SSSR count). The predicted molar refractivity (Wildman–Crippen MR) is 150 cm³/mol. The number of nitrogens with one attached hydrogen (secondary N) is 1. The Hall–Kier alpha value is -2.95. The highest BCUT2D eigenvalue weighted by atomic mass is 79.9. The molecule has 0 aliphatic heterocycles. The van der Waals surface area contributed by atoms with Gasteiger partial charge in [-0.05, 0) is 58.8 Å². The molecule has 2 N–H and O–H groups in total. The molecule has 0 atom stereocenters. The van der Waals surface area contributed by atoms with Gasteiger partial charge in [-0.2, -0.15) is 9.41 Å². The molecule has 11 heteroatoms. The summed E-state index contributed by atoms with van der Waals surface area (Å²) in [5.74, 6) is -0.685. The SMILES string of the molecule is O=C(CN(Cc1ccc(Cl)cc1Cl)S(=O)(=O)c1ccc(Br)cc1)N/N=C/c1c(O)ccc2ccccc12. The van der Waals surface area contributed by atoms with Crippen LogP contribution in [-0.2, 0) is 21.4 Å². The smallest absolute Gasteiger partial charge is 0.255 e. The first-order valence-electron chi connectivity index (χ1n) is 10.9. The third-order valence-electron chi connectivity index (χ3n) is 5.46. The zero-order chi connectivity index (χ0) is 26.6. The van der Waals surface area contributed by atoms with E-state index in [0.717, 1.165) is 15.1 Å². The van der Waals surface area contributed by atoms with E-state index in [1.54, 1.807) is 30.3 Å². The van der Waals surface area contributed by atoms with E-state index in [4.69, 9.17) is 23.2 Å². The molecule has 37 heavy (non-hydrogen) atoms. The molecule has 0 aromatic heterocycles. The second-order valence-corrected chi connectivity index (χ2v) is 11.7. The minimum Gasteiger partial charge on any atom is -0.507 e. The molecular formula is C26H20BrCl2N3O4S. The third-order valence-corrected chi connectivity index (χ3v) is 8.39. The molecule has 0 spiro atoms. The van der Waals surface area contributed by atoms with Crippen LogP contribution in [0.5, 0.6) is 5.75 Å². The lowest BCUT2D eigenvalue weighted by Crippen LogP contribution is -2.39. The van der Waals surface area contributed by atoms with E-state index < -0.39 is 22.5 Å². The summed E-state index contributed by atoms with van der Waals surface area (Å²) in [7, 11) is -4.08. The largest absolute Gasteiger partial charge is 0.507 e. The lowest BCUT2D eigenvalue weighted by Gasteiger charge is -2.22. The molecule has 1 amide bonds. The van der Waals surface area contributed by atoms with Gasteiger partial charge in [0.15, 0.2) is 0 Å². The van der Waals surface area contributed by atoms with E-state index in [0.29, 0.717) is 20.6 Å². The van der Waals surface area contributed by atoms with Crippen molar-refractivity contribution >= 4 is 72.0 Å². The maximum absolute atomic E-state index is 13.4. The van der Waals surface area contributed by atoms with Crippen molar-refractivity contribution in [1.82, 2.24) is 9.73 Å². The number of aromatic hydroxyl groups is 1. The van der Waals surface area contributed by atoms with Crippen LogP contribution in [0.15, 0.2) is 93.3 Å². The van der Waals surface area contributed by atoms with E-state index in [1.165, 1.54) is 30.5 Å². The van der Waals surface area contributed by atoms with Crippen LogP contribution in [0.25, 0.3) is 10.8 Å². The molecule has 0 heterocycles. The number of carbonyl (C=O) groups excluding carboxylic acids is 1. The summed E-state index contributed by atoms with van der Waals surface area (Å²) in [5.41, 5.74) is 3.25. The highest BCUT2D eigenvalue weighted by Gasteiger charge is 2.27. The van der Waals surface area contributed by atoms with E-state index in [1.807, 2.05) is 24.3 Å². The van der Waals surface area contributed by atoms with Gasteiger partial charge in [0.1, 0.15) is 5.75 Å². The lowest BCUT2D eigenvalue weighted by atomic mass is 10.0. The van der Waals surface area contributed by atoms with Gasteiger partial charge in [-0.1, -0.05) is 75.5 Å². The van der Waals surface area contributed by atoms with Crippen LogP contribution in [0.2, 0.25) is 10.0 Å². The van der Waals surface area contributed by atoms with Crippen molar-refractivity contribution in [3.8, 4) is 5.75 Å². The molecule has 4 aromatic carbocycles. The summed E-state index contributed by atoms with van der Waals surface area (Å²) in [6, 6.07) is 21.5. The summed E-state index contributed by atoms with van der Waals surface area (Å²) in [4.78, 5) is 12.8. The van der Waals surface area contributed by atoms with Crippen LogP contribution in [0, 0.1) is 0 Å². The second kappa shape index (κ2) is 11.6. The number of hydrogen-bond acceptors (Lipinski definition) is 5. The maximum Gasteiger partial charge on any atom is 0.255 e. The number of halogens is 3. The third kappa shape index (κ3) is 6.49. The van der Waals surface area contributed by atoms with Crippen molar-refractivity contribution in [2.45, 2.75) is 11.4 Å². The summed E-state index contributed by atoms with van der Waals surface area (Å²) in [6.07, 6.45) is 1.32. The van der Waals surface area contributed by atoms with Crippen molar-refractivity contribution in [3.05, 3.63) is 105 Å². The quantitative estimate of drug-likeness (QED) is 0.188. The van der Waals surface area contributed by atoms with E-state index in [-0.39, 0.29) is 22.2 Å². The van der Waals surface area contributed by atoms with Crippen LogP contribution in [0.1, 0.15) is 11.1 Å². The van der Waals surface area contributed by atoms with E-state index in [2.05, 4.69) is 26.5 Å². The first-order valence-corrected chi connectivity index (χ1v) is 13.9. The van der Waals surface area contributed by atoms with E-state index >= 15 is 0 Å². The van der Waals surface area contributed by atoms with Crippen molar-refractivity contribution in [1.29, 1.82) is 0 Å². The van der Waals surface area contributed by atoms with Crippen LogP contribution in [0.3, 0.4) is 0 Å². The zero-order valence-corrected chi connectivity index (χ0v) is 23.0. The van der Waals surface area contributed by atoms with Crippen LogP contribution in [-0.4, -0.2) is 36.5 Å². The average molecular weight is 621 g/mol. The number of phenols is 1. The fourth-order valence-corrected chi connectivity index (χ4v) is 5.71. The van der Waals surface area contributed by atoms with Gasteiger partial charge in [-0.3, -0.25) is 4.79 Å². The molecule has 0 aliphatic rings. The van der Waals surface area contributed by atoms with Gasteiger partial charge in [0.25, 0.3) is 5.91 Å². The fraction of sp³-hybridized carbons (Fsp3) is 0.0769. The Labute approximate surface area is 232 Å². The van der Waals surface area contributed by atoms with Gasteiger partial charge in [0, 0.05) is 26.6 Å². The zero-order valence-electron chi connectivity index (χ0n) is 19.1. The number of carbonyl (C=O) groups is 1. The van der Waals surface area contributed by atoms with Crippen molar-refractivity contribution in [3.63, 3.8) is 0 Å². The Morgan fingerprint density at radius 2 is 1.76 bits per heavy atom. The Bertz CT molecular complexity index is 1600. The molecule has 0 aliphatic carbocycles. The summed E-state index contributed by atoms with van der Waals surface area (Å²) < 4.78 is 28.6. The molecule has 0 saturated heterocycles. The monoisotopic (exact) mass is 619 g/mol. The van der Waals surface area contributed by atoms with E-state index in [9.17, 15) is 18.3 Å². The van der Waals surface area contributed by atoms with Crippen molar-refractivity contribution < 1.29 is 18.3 Å². The number of rotatable bonds is 8. The first kappa shape index (κ1) is 27.1. The molecule has 0 saturated carbocycles.